The molecule has 10 heteroatoms. The highest BCUT2D eigenvalue weighted by atomic mass is 35.5. The number of nitrogens with zero attached hydrogens (tertiary/aromatic N) is 2. The molecular weight excluding hydrogens is 442 g/mol. The number of benzene rings is 2. The number of sulfonamides is 1. The summed E-state index contributed by atoms with van der Waals surface area (Å²) in [5.74, 6) is -0.0221. The smallest absolute Gasteiger partial charge is 0.420 e. The first-order chi connectivity index (χ1) is 14.8. The molecule has 8 nitrogen and oxygen atoms in total. The van der Waals surface area contributed by atoms with Gasteiger partial charge in [-0.25, -0.2) is 17.9 Å². The number of hydrogen-bond acceptors (Lipinski definition) is 6. The number of halogens is 1. The van der Waals surface area contributed by atoms with Crippen LogP contribution in [0.5, 0.6) is 0 Å². The van der Waals surface area contributed by atoms with E-state index in [9.17, 15) is 18.0 Å². The van der Waals surface area contributed by atoms with Crippen molar-refractivity contribution >= 4 is 45.0 Å². The van der Waals surface area contributed by atoms with Gasteiger partial charge >= 0.3 is 6.09 Å². The largest absolute Gasteiger partial charge is 0.452 e. The number of carbonyl (C=O) groups is 2. The van der Waals surface area contributed by atoms with Gasteiger partial charge in [-0.2, -0.15) is 0 Å². The molecule has 0 aromatic heterocycles. The average molecular weight is 464 g/mol. The lowest BCUT2D eigenvalue weighted by atomic mass is 9.99. The predicted octanol–water partition coefficient (Wildman–Crippen LogP) is 2.94. The quantitative estimate of drug-likeness (QED) is 0.748. The maximum Gasteiger partial charge on any atom is 0.420 e. The van der Waals surface area contributed by atoms with Crippen molar-refractivity contribution in [2.45, 2.75) is 30.2 Å². The Bertz CT molecular complexity index is 1120. The number of nitrogens with one attached hydrogen (secondary N) is 1. The van der Waals surface area contributed by atoms with Gasteiger partial charge < -0.3 is 14.5 Å². The number of carbonyl (C=O) groups excluding carboxylic acids is 2. The van der Waals surface area contributed by atoms with Crippen LogP contribution in [0.3, 0.4) is 0 Å². The van der Waals surface area contributed by atoms with E-state index in [2.05, 4.69) is 9.64 Å². The molecule has 2 aromatic rings. The van der Waals surface area contributed by atoms with Crippen LogP contribution in [-0.4, -0.2) is 46.7 Å². The van der Waals surface area contributed by atoms with E-state index in [0.29, 0.717) is 23.7 Å². The third kappa shape index (κ3) is 4.20. The summed E-state index contributed by atoms with van der Waals surface area (Å²) in [7, 11) is -2.96. The first-order valence-corrected chi connectivity index (χ1v) is 11.7. The molecule has 2 aromatic carbocycles. The normalized spacial score (nSPS) is 18.6. The molecule has 2 heterocycles. The minimum Gasteiger partial charge on any atom is -0.452 e. The van der Waals surface area contributed by atoms with Gasteiger partial charge in [0.25, 0.3) is 10.0 Å². The topological polar surface area (TPSA) is 96.0 Å². The molecule has 0 aliphatic carbocycles. The Balaban J connectivity index is 1.52. The van der Waals surface area contributed by atoms with Crippen molar-refractivity contribution in [2.75, 3.05) is 30.0 Å². The van der Waals surface area contributed by atoms with E-state index in [0.717, 1.165) is 37.7 Å². The number of rotatable bonds is 4. The number of methoxy groups -OCH3 is 1. The fourth-order valence-corrected chi connectivity index (χ4v) is 5.25. The molecule has 1 N–H and O–H groups in total. The van der Waals surface area contributed by atoms with Crippen LogP contribution in [0.4, 0.5) is 16.2 Å². The van der Waals surface area contributed by atoms with Gasteiger partial charge in [-0.1, -0.05) is 11.6 Å². The molecule has 1 atom stereocenters. The van der Waals surface area contributed by atoms with E-state index in [1.165, 1.54) is 12.1 Å². The van der Waals surface area contributed by atoms with Crippen LogP contribution in [0.15, 0.2) is 47.4 Å². The second-order valence-corrected chi connectivity index (χ2v) is 9.57. The summed E-state index contributed by atoms with van der Waals surface area (Å²) in [5.41, 5.74) is 2.81. The van der Waals surface area contributed by atoms with Crippen LogP contribution in [0, 0.1) is 0 Å². The zero-order chi connectivity index (χ0) is 22.2. The molecule has 164 valence electrons. The Morgan fingerprint density at radius 3 is 2.61 bits per heavy atom. The Morgan fingerprint density at radius 2 is 1.90 bits per heavy atom. The molecule has 1 unspecified atom stereocenters. The summed E-state index contributed by atoms with van der Waals surface area (Å²) in [6.45, 7) is 1.34. The Hall–Kier alpha value is -2.78. The lowest BCUT2D eigenvalue weighted by Crippen LogP contribution is -2.44. The van der Waals surface area contributed by atoms with E-state index in [4.69, 9.17) is 11.6 Å². The van der Waals surface area contributed by atoms with Gasteiger partial charge in [-0.05, 0) is 67.3 Å². The molecule has 31 heavy (non-hydrogen) atoms. The summed E-state index contributed by atoms with van der Waals surface area (Å²) in [4.78, 5) is 28.2. The molecule has 0 radical (unpaired) electrons. The third-order valence-electron chi connectivity index (χ3n) is 5.61. The Labute approximate surface area is 185 Å². The fraction of sp³-hybridized carbons (Fsp3) is 0.333. The first kappa shape index (κ1) is 21.5. The summed E-state index contributed by atoms with van der Waals surface area (Å²) >= 11 is 6.13. The average Bonchev–Trinajstić information content (AvgIpc) is 3.13. The predicted molar refractivity (Wildman–Crippen MR) is 117 cm³/mol. The van der Waals surface area contributed by atoms with Crippen LogP contribution < -0.4 is 14.5 Å². The van der Waals surface area contributed by atoms with Crippen LogP contribution in [0.2, 0.25) is 5.02 Å². The van der Waals surface area contributed by atoms with E-state index in [-0.39, 0.29) is 16.8 Å². The SMILES string of the molecule is COC(=O)NS(=O)(=O)c1ccc(N2CCC(N3CCCc4cc(Cl)ccc43)C2=O)cc1. The highest BCUT2D eigenvalue weighted by Gasteiger charge is 2.38. The molecule has 2 amide bonds. The van der Waals surface area contributed by atoms with Crippen LogP contribution >= 0.6 is 11.6 Å². The summed E-state index contributed by atoms with van der Waals surface area (Å²) in [5, 5.41) is 0.691. The maximum absolute atomic E-state index is 13.2. The van der Waals surface area contributed by atoms with Crippen molar-refractivity contribution in [3.8, 4) is 0 Å². The van der Waals surface area contributed by atoms with Gasteiger partial charge in [-0.3, -0.25) is 4.79 Å². The van der Waals surface area contributed by atoms with Crippen molar-refractivity contribution < 1.29 is 22.7 Å². The number of ether oxygens (including phenoxy) is 1. The molecule has 2 aliphatic heterocycles. The fourth-order valence-electron chi connectivity index (χ4n) is 4.14. The van der Waals surface area contributed by atoms with Crippen molar-refractivity contribution in [1.82, 2.24) is 4.72 Å². The van der Waals surface area contributed by atoms with Gasteiger partial charge in [0, 0.05) is 29.5 Å². The van der Waals surface area contributed by atoms with Crippen LogP contribution in [0.1, 0.15) is 18.4 Å². The highest BCUT2D eigenvalue weighted by Crippen LogP contribution is 2.34. The molecule has 2 aliphatic rings. The van der Waals surface area contributed by atoms with Crippen molar-refractivity contribution in [3.05, 3.63) is 53.1 Å². The molecule has 1 saturated heterocycles. The number of anilines is 2. The molecular formula is C21H22ClN3O5S. The van der Waals surface area contributed by atoms with Gasteiger partial charge in [0.15, 0.2) is 0 Å². The molecule has 0 saturated carbocycles. The van der Waals surface area contributed by atoms with E-state index in [1.54, 1.807) is 21.8 Å². The van der Waals surface area contributed by atoms with Gasteiger partial charge in [0.2, 0.25) is 5.91 Å². The number of hydrogen-bond donors (Lipinski definition) is 1. The third-order valence-corrected chi connectivity index (χ3v) is 7.17. The number of amides is 2. The first-order valence-electron chi connectivity index (χ1n) is 9.87. The van der Waals surface area contributed by atoms with Crippen molar-refractivity contribution in [1.29, 1.82) is 0 Å². The lowest BCUT2D eigenvalue weighted by molar-refractivity contribution is -0.118. The minimum absolute atomic E-state index is 0.0221. The van der Waals surface area contributed by atoms with Gasteiger partial charge in [0.05, 0.1) is 12.0 Å². The van der Waals surface area contributed by atoms with Crippen molar-refractivity contribution in [3.63, 3.8) is 0 Å². The standard InChI is InChI=1S/C21H22ClN3O5S/c1-30-21(27)23-31(28,29)17-7-5-16(6-8-17)24-12-10-19(20(24)26)25-11-2-3-14-13-15(22)4-9-18(14)25/h4-9,13,19H,2-3,10-12H2,1H3,(H,23,27). The second-order valence-electron chi connectivity index (χ2n) is 7.46. The summed E-state index contributed by atoms with van der Waals surface area (Å²) in [6.07, 6.45) is 1.50. The number of aryl methyl sites for hydroxylation is 1. The van der Waals surface area contributed by atoms with Crippen LogP contribution in [-0.2, 0) is 26.0 Å². The van der Waals surface area contributed by atoms with Crippen LogP contribution in [0.25, 0.3) is 0 Å². The van der Waals surface area contributed by atoms with Gasteiger partial charge in [-0.15, -0.1) is 0 Å². The molecule has 4 rings (SSSR count). The monoisotopic (exact) mass is 463 g/mol. The second kappa shape index (κ2) is 8.39. The Morgan fingerprint density at radius 1 is 1.16 bits per heavy atom. The summed E-state index contributed by atoms with van der Waals surface area (Å²) < 4.78 is 30.5. The minimum atomic E-state index is -4.04. The zero-order valence-corrected chi connectivity index (χ0v) is 18.4. The summed E-state index contributed by atoms with van der Waals surface area (Å²) in [6, 6.07) is 11.4. The Kier molecular flexibility index (Phi) is 5.81. The molecule has 0 bridgehead atoms. The maximum atomic E-state index is 13.2. The van der Waals surface area contributed by atoms with E-state index >= 15 is 0 Å². The zero-order valence-electron chi connectivity index (χ0n) is 16.9. The molecule has 0 spiro atoms. The van der Waals surface area contributed by atoms with E-state index < -0.39 is 16.1 Å². The number of fused-ring (bicyclic) bond motifs is 1. The van der Waals surface area contributed by atoms with Gasteiger partial charge in [0.1, 0.15) is 6.04 Å². The van der Waals surface area contributed by atoms with Crippen molar-refractivity contribution in [2.24, 2.45) is 0 Å². The van der Waals surface area contributed by atoms with E-state index in [1.807, 2.05) is 18.2 Å². The molecule has 1 fully saturated rings. The highest BCUT2D eigenvalue weighted by molar-refractivity contribution is 7.90. The lowest BCUT2D eigenvalue weighted by Gasteiger charge is -2.35.